The van der Waals surface area contributed by atoms with Crippen LogP contribution in [0.1, 0.15) is 39.6 Å². The van der Waals surface area contributed by atoms with Crippen molar-refractivity contribution in [1.29, 1.82) is 0 Å². The molecule has 9 heteroatoms. The molecule has 0 N–H and O–H groups in total. The van der Waals surface area contributed by atoms with Crippen LogP contribution in [0.4, 0.5) is 0 Å². The highest BCUT2D eigenvalue weighted by atomic mass is 35.5. The standard InChI is InChI=1S/C24H23ClN4O4/c1-15-26-23(27-29(15)19-5-3-2-4-18(19)25)24(31)28-10-8-16(9-11-28)22(30)17-6-7-20-21(14-17)33-13-12-32-20/h2-7,14,16H,8-13H2,1H3. The third-order valence-corrected chi connectivity index (χ3v) is 6.34. The summed E-state index contributed by atoms with van der Waals surface area (Å²) in [6.45, 7) is 3.72. The molecule has 0 aliphatic carbocycles. The third kappa shape index (κ3) is 4.18. The molecule has 2 aromatic carbocycles. The summed E-state index contributed by atoms with van der Waals surface area (Å²) in [6.07, 6.45) is 1.17. The van der Waals surface area contributed by atoms with Gasteiger partial charge in [0.05, 0.1) is 10.7 Å². The van der Waals surface area contributed by atoms with Crippen molar-refractivity contribution in [2.24, 2.45) is 5.92 Å². The van der Waals surface area contributed by atoms with E-state index in [-0.39, 0.29) is 23.4 Å². The van der Waals surface area contributed by atoms with Crippen LogP contribution in [0.2, 0.25) is 5.02 Å². The van der Waals surface area contributed by atoms with E-state index in [0.29, 0.717) is 72.7 Å². The van der Waals surface area contributed by atoms with Crippen molar-refractivity contribution in [2.45, 2.75) is 19.8 Å². The highest BCUT2D eigenvalue weighted by Crippen LogP contribution is 2.32. The molecule has 0 spiro atoms. The average Bonchev–Trinajstić information content (AvgIpc) is 3.24. The molecular weight excluding hydrogens is 444 g/mol. The zero-order valence-corrected chi connectivity index (χ0v) is 18.9. The first-order valence-electron chi connectivity index (χ1n) is 10.9. The van der Waals surface area contributed by atoms with Crippen LogP contribution in [0.5, 0.6) is 11.5 Å². The van der Waals surface area contributed by atoms with E-state index < -0.39 is 0 Å². The summed E-state index contributed by atoms with van der Waals surface area (Å²) in [5.74, 6) is 1.66. The lowest BCUT2D eigenvalue weighted by Gasteiger charge is -2.30. The molecule has 3 aromatic rings. The summed E-state index contributed by atoms with van der Waals surface area (Å²) in [4.78, 5) is 32.1. The zero-order valence-electron chi connectivity index (χ0n) is 18.2. The molecule has 33 heavy (non-hydrogen) atoms. The lowest BCUT2D eigenvalue weighted by Crippen LogP contribution is -2.40. The fourth-order valence-corrected chi connectivity index (χ4v) is 4.47. The maximum absolute atomic E-state index is 13.0. The van der Waals surface area contributed by atoms with Crippen LogP contribution >= 0.6 is 11.6 Å². The molecule has 170 valence electrons. The number of hydrogen-bond donors (Lipinski definition) is 0. The first-order chi connectivity index (χ1) is 16.0. The number of benzene rings is 2. The van der Waals surface area contributed by atoms with E-state index in [1.54, 1.807) is 40.8 Å². The molecule has 0 saturated carbocycles. The minimum Gasteiger partial charge on any atom is -0.486 e. The van der Waals surface area contributed by atoms with Crippen molar-refractivity contribution < 1.29 is 19.1 Å². The minimum atomic E-state index is -0.242. The summed E-state index contributed by atoms with van der Waals surface area (Å²) in [6, 6.07) is 12.6. The van der Waals surface area contributed by atoms with E-state index in [4.69, 9.17) is 21.1 Å². The second kappa shape index (κ2) is 8.86. The molecule has 1 aromatic heterocycles. The number of halogens is 1. The molecule has 2 aliphatic rings. The van der Waals surface area contributed by atoms with Gasteiger partial charge < -0.3 is 14.4 Å². The van der Waals surface area contributed by atoms with Crippen molar-refractivity contribution in [3.63, 3.8) is 0 Å². The molecule has 3 heterocycles. The van der Waals surface area contributed by atoms with Gasteiger partial charge in [0.1, 0.15) is 19.0 Å². The van der Waals surface area contributed by atoms with Gasteiger partial charge in [-0.3, -0.25) is 9.59 Å². The molecule has 0 unspecified atom stereocenters. The lowest BCUT2D eigenvalue weighted by molar-refractivity contribution is 0.0640. The fraction of sp³-hybridized carbons (Fsp3) is 0.333. The minimum absolute atomic E-state index is 0.0658. The Morgan fingerprint density at radius 3 is 2.52 bits per heavy atom. The third-order valence-electron chi connectivity index (χ3n) is 6.02. The number of carbonyl (C=O) groups excluding carboxylic acids is 2. The highest BCUT2D eigenvalue weighted by Gasteiger charge is 2.31. The number of nitrogens with zero attached hydrogens (tertiary/aromatic N) is 4. The van der Waals surface area contributed by atoms with E-state index in [2.05, 4.69) is 10.1 Å². The predicted molar refractivity (Wildman–Crippen MR) is 121 cm³/mol. The van der Waals surface area contributed by atoms with Crippen LogP contribution in [0.3, 0.4) is 0 Å². The summed E-state index contributed by atoms with van der Waals surface area (Å²) >= 11 is 6.27. The molecule has 1 saturated heterocycles. The molecule has 0 atom stereocenters. The van der Waals surface area contributed by atoms with Crippen molar-refractivity contribution in [1.82, 2.24) is 19.7 Å². The maximum Gasteiger partial charge on any atom is 0.293 e. The number of amides is 1. The molecular formula is C24H23ClN4O4. The quantitative estimate of drug-likeness (QED) is 0.544. The number of hydrogen-bond acceptors (Lipinski definition) is 6. The summed E-state index contributed by atoms with van der Waals surface area (Å²) in [7, 11) is 0. The van der Waals surface area contributed by atoms with Crippen LogP contribution < -0.4 is 9.47 Å². The summed E-state index contributed by atoms with van der Waals surface area (Å²) in [5, 5.41) is 4.93. The van der Waals surface area contributed by atoms with E-state index in [0.717, 1.165) is 0 Å². The van der Waals surface area contributed by atoms with Gasteiger partial charge in [-0.05, 0) is 50.1 Å². The maximum atomic E-state index is 13.0. The number of piperidine rings is 1. The van der Waals surface area contributed by atoms with Crippen molar-refractivity contribution >= 4 is 23.3 Å². The monoisotopic (exact) mass is 466 g/mol. The number of likely N-dealkylation sites (tertiary alicyclic amines) is 1. The van der Waals surface area contributed by atoms with Gasteiger partial charge in [-0.25, -0.2) is 9.67 Å². The number of fused-ring (bicyclic) bond motifs is 1. The van der Waals surface area contributed by atoms with Gasteiger partial charge in [-0.1, -0.05) is 23.7 Å². The molecule has 1 fully saturated rings. The van der Waals surface area contributed by atoms with E-state index >= 15 is 0 Å². The molecule has 1 amide bonds. The normalized spacial score (nSPS) is 16.0. The first-order valence-corrected chi connectivity index (χ1v) is 11.3. The molecule has 2 aliphatic heterocycles. The van der Waals surface area contributed by atoms with Gasteiger partial charge in [0.2, 0.25) is 5.82 Å². The van der Waals surface area contributed by atoms with E-state index in [1.165, 1.54) is 0 Å². The lowest BCUT2D eigenvalue weighted by atomic mass is 9.88. The largest absolute Gasteiger partial charge is 0.486 e. The van der Waals surface area contributed by atoms with Crippen molar-refractivity contribution in [2.75, 3.05) is 26.3 Å². The van der Waals surface area contributed by atoms with E-state index in [1.807, 2.05) is 18.2 Å². The van der Waals surface area contributed by atoms with Crippen LogP contribution in [0.15, 0.2) is 42.5 Å². The number of ether oxygens (including phenoxy) is 2. The Labute approximate surface area is 196 Å². The first kappa shape index (κ1) is 21.5. The number of aromatic nitrogens is 3. The predicted octanol–water partition coefficient (Wildman–Crippen LogP) is 3.74. The number of carbonyl (C=O) groups is 2. The van der Waals surface area contributed by atoms with Gasteiger partial charge in [-0.15, -0.1) is 5.10 Å². The fourth-order valence-electron chi connectivity index (χ4n) is 4.25. The molecule has 5 rings (SSSR count). The summed E-state index contributed by atoms with van der Waals surface area (Å²) < 4.78 is 12.7. The van der Waals surface area contributed by atoms with Gasteiger partial charge in [0.25, 0.3) is 5.91 Å². The highest BCUT2D eigenvalue weighted by molar-refractivity contribution is 6.32. The topological polar surface area (TPSA) is 86.6 Å². The summed E-state index contributed by atoms with van der Waals surface area (Å²) in [5.41, 5.74) is 1.28. The van der Waals surface area contributed by atoms with Gasteiger partial charge in [0.15, 0.2) is 17.3 Å². The smallest absolute Gasteiger partial charge is 0.293 e. The SMILES string of the molecule is Cc1nc(C(=O)N2CCC(C(=O)c3ccc4c(c3)OCCO4)CC2)nn1-c1ccccc1Cl. The number of rotatable bonds is 4. The Hall–Kier alpha value is -3.39. The Bertz CT molecular complexity index is 1220. The average molecular weight is 467 g/mol. The van der Waals surface area contributed by atoms with Crippen LogP contribution in [0.25, 0.3) is 5.69 Å². The molecule has 8 nitrogen and oxygen atoms in total. The van der Waals surface area contributed by atoms with Gasteiger partial charge >= 0.3 is 0 Å². The zero-order chi connectivity index (χ0) is 22.9. The van der Waals surface area contributed by atoms with E-state index in [9.17, 15) is 9.59 Å². The number of ketones is 1. The van der Waals surface area contributed by atoms with Gasteiger partial charge in [0, 0.05) is 24.6 Å². The second-order valence-corrected chi connectivity index (χ2v) is 8.54. The Morgan fingerprint density at radius 1 is 1.03 bits per heavy atom. The molecule has 0 bridgehead atoms. The van der Waals surface area contributed by atoms with Crippen molar-refractivity contribution in [3.8, 4) is 17.2 Å². The number of aryl methyl sites for hydroxylation is 1. The van der Waals surface area contributed by atoms with Crippen LogP contribution in [-0.2, 0) is 0 Å². The van der Waals surface area contributed by atoms with Crippen LogP contribution in [0, 0.1) is 12.8 Å². The number of para-hydroxylation sites is 1. The van der Waals surface area contributed by atoms with Crippen LogP contribution in [-0.4, -0.2) is 57.7 Å². The molecule has 0 radical (unpaired) electrons. The van der Waals surface area contributed by atoms with Gasteiger partial charge in [-0.2, -0.15) is 0 Å². The second-order valence-electron chi connectivity index (χ2n) is 8.14. The Balaban J connectivity index is 1.25. The van der Waals surface area contributed by atoms with Crippen molar-refractivity contribution in [3.05, 3.63) is 64.7 Å². The number of Topliss-reactive ketones (excluding diaryl/α,β-unsaturated/α-hetero) is 1. The Morgan fingerprint density at radius 2 is 1.76 bits per heavy atom. The Kier molecular flexibility index (Phi) is 5.76.